The largest absolute Gasteiger partial charge is 0.481 e. The van der Waals surface area contributed by atoms with Gasteiger partial charge in [0.1, 0.15) is 11.6 Å². The van der Waals surface area contributed by atoms with Crippen LogP contribution in [0.5, 0.6) is 0 Å². The smallest absolute Gasteiger partial charge is 0.310 e. The number of H-pyrrole nitrogens is 1. The van der Waals surface area contributed by atoms with Gasteiger partial charge in [-0.25, -0.2) is 9.37 Å². The zero-order chi connectivity index (χ0) is 27.6. The van der Waals surface area contributed by atoms with E-state index in [1.54, 1.807) is 12.1 Å². The third-order valence-corrected chi connectivity index (χ3v) is 7.83. The maximum atomic E-state index is 14.4. The zero-order valence-electron chi connectivity index (χ0n) is 22.1. The van der Waals surface area contributed by atoms with Crippen molar-refractivity contribution in [2.24, 2.45) is 5.41 Å². The van der Waals surface area contributed by atoms with Gasteiger partial charge in [0.05, 0.1) is 10.4 Å². The molecule has 10 heteroatoms. The zero-order valence-corrected chi connectivity index (χ0v) is 22.9. The average molecular weight is 542 g/mol. The van der Waals surface area contributed by atoms with Crippen LogP contribution in [0.3, 0.4) is 0 Å². The summed E-state index contributed by atoms with van der Waals surface area (Å²) in [6.45, 7) is 8.71. The molecule has 1 aromatic carbocycles. The second-order valence-corrected chi connectivity index (χ2v) is 10.5. The van der Waals surface area contributed by atoms with Gasteiger partial charge < -0.3 is 10.4 Å². The number of halogens is 2. The highest BCUT2D eigenvalue weighted by Crippen LogP contribution is 2.38. The molecular formula is C28H33ClFN5O3. The van der Waals surface area contributed by atoms with Crippen molar-refractivity contribution in [3.8, 4) is 0 Å². The quantitative estimate of drug-likeness (QED) is 0.295. The van der Waals surface area contributed by atoms with E-state index in [-0.39, 0.29) is 17.2 Å². The number of carboxylic acids is 1. The summed E-state index contributed by atoms with van der Waals surface area (Å²) in [5, 5.41) is 20.7. The number of piperidine rings is 1. The fraction of sp³-hybridized carbons (Fsp3) is 0.429. The Labute approximate surface area is 226 Å². The number of ketones is 1. The first-order chi connectivity index (χ1) is 18.0. The van der Waals surface area contributed by atoms with Crippen molar-refractivity contribution in [1.82, 2.24) is 20.1 Å². The summed E-state index contributed by atoms with van der Waals surface area (Å²) in [7, 11) is 0. The molecule has 8 nitrogen and oxygen atoms in total. The van der Waals surface area contributed by atoms with E-state index in [9.17, 15) is 19.1 Å². The molecule has 202 valence electrons. The van der Waals surface area contributed by atoms with Gasteiger partial charge in [0.25, 0.3) is 0 Å². The molecule has 1 fully saturated rings. The van der Waals surface area contributed by atoms with Crippen LogP contribution in [0.15, 0.2) is 24.3 Å². The molecule has 3 aromatic rings. The van der Waals surface area contributed by atoms with E-state index in [4.69, 9.17) is 16.6 Å². The fourth-order valence-corrected chi connectivity index (χ4v) is 5.37. The van der Waals surface area contributed by atoms with Crippen LogP contribution >= 0.6 is 11.6 Å². The van der Waals surface area contributed by atoms with E-state index in [2.05, 4.69) is 15.5 Å². The molecule has 0 saturated carbocycles. The van der Waals surface area contributed by atoms with Crippen LogP contribution in [0.2, 0.25) is 5.02 Å². The van der Waals surface area contributed by atoms with Crippen molar-refractivity contribution in [2.75, 3.05) is 18.4 Å². The van der Waals surface area contributed by atoms with Gasteiger partial charge in [-0.1, -0.05) is 30.7 Å². The first kappa shape index (κ1) is 27.7. The third-order valence-electron chi connectivity index (χ3n) is 7.54. The summed E-state index contributed by atoms with van der Waals surface area (Å²) in [6.07, 6.45) is 1.26. The van der Waals surface area contributed by atoms with Crippen molar-refractivity contribution >= 4 is 35.0 Å². The SMILES string of the molecule is CCC(=O)c1c(C)c(CC2(C(=O)O)CCN(Cc3cccc(Cl)c3F)CC2)nc(Nc2cc(C)[nH]n2)c1C. The molecule has 38 heavy (non-hydrogen) atoms. The number of rotatable bonds is 9. The monoisotopic (exact) mass is 541 g/mol. The van der Waals surface area contributed by atoms with Gasteiger partial charge in [-0.2, -0.15) is 5.10 Å². The highest BCUT2D eigenvalue weighted by atomic mass is 35.5. The Bertz CT molecular complexity index is 1360. The average Bonchev–Trinajstić information content (AvgIpc) is 3.30. The predicted octanol–water partition coefficient (Wildman–Crippen LogP) is 5.77. The van der Waals surface area contributed by atoms with E-state index in [0.717, 1.165) is 5.69 Å². The van der Waals surface area contributed by atoms with Crippen LogP contribution in [0.1, 0.15) is 64.6 Å². The van der Waals surface area contributed by atoms with Gasteiger partial charge in [-0.3, -0.25) is 19.6 Å². The second-order valence-electron chi connectivity index (χ2n) is 10.1. The van der Waals surface area contributed by atoms with Crippen molar-refractivity contribution in [3.63, 3.8) is 0 Å². The summed E-state index contributed by atoms with van der Waals surface area (Å²) in [6, 6.07) is 6.75. The van der Waals surface area contributed by atoms with E-state index >= 15 is 0 Å². The molecule has 1 aliphatic rings. The number of Topliss-reactive ketones (excluding diaryl/α,β-unsaturated/α-hetero) is 1. The van der Waals surface area contributed by atoms with E-state index in [1.807, 2.05) is 38.7 Å². The number of carboxylic acid groups (broad SMARTS) is 1. The van der Waals surface area contributed by atoms with Crippen LogP contribution in [0, 0.1) is 32.0 Å². The van der Waals surface area contributed by atoms with Crippen LogP contribution in [0.4, 0.5) is 16.0 Å². The second kappa shape index (κ2) is 11.2. The first-order valence-electron chi connectivity index (χ1n) is 12.8. The van der Waals surface area contributed by atoms with Gasteiger partial charge >= 0.3 is 5.97 Å². The van der Waals surface area contributed by atoms with Gasteiger partial charge in [0, 0.05) is 53.5 Å². The molecule has 3 N–H and O–H groups in total. The number of anilines is 2. The number of hydrogen-bond donors (Lipinski definition) is 3. The van der Waals surface area contributed by atoms with Crippen LogP contribution in [0.25, 0.3) is 0 Å². The first-order valence-corrected chi connectivity index (χ1v) is 13.1. The lowest BCUT2D eigenvalue weighted by atomic mass is 9.73. The van der Waals surface area contributed by atoms with Crippen molar-refractivity contribution in [3.05, 3.63) is 68.7 Å². The topological polar surface area (TPSA) is 111 Å². The maximum absolute atomic E-state index is 14.4. The Balaban J connectivity index is 1.62. The molecule has 3 heterocycles. The third kappa shape index (κ3) is 5.59. The number of aromatic nitrogens is 3. The van der Waals surface area contributed by atoms with Crippen molar-refractivity contribution in [2.45, 2.75) is 59.9 Å². The molecule has 4 rings (SSSR count). The highest BCUT2D eigenvalue weighted by molar-refractivity contribution is 6.30. The number of nitrogens with one attached hydrogen (secondary N) is 2. The Morgan fingerprint density at radius 2 is 1.92 bits per heavy atom. The lowest BCUT2D eigenvalue weighted by Crippen LogP contribution is -2.45. The molecule has 0 atom stereocenters. The Morgan fingerprint density at radius 3 is 2.53 bits per heavy atom. The van der Waals surface area contributed by atoms with Gasteiger partial charge in [0.15, 0.2) is 11.6 Å². The number of hydrogen-bond acceptors (Lipinski definition) is 6. The molecule has 0 bridgehead atoms. The molecule has 0 spiro atoms. The number of aromatic amines is 1. The molecule has 1 saturated heterocycles. The van der Waals surface area contributed by atoms with E-state index in [0.29, 0.717) is 78.5 Å². The van der Waals surface area contributed by atoms with E-state index < -0.39 is 17.2 Å². The number of pyridine rings is 1. The number of carbonyl (C=O) groups excluding carboxylic acids is 1. The number of likely N-dealkylation sites (tertiary alicyclic amines) is 1. The summed E-state index contributed by atoms with van der Waals surface area (Å²) in [5.41, 5.74) is 2.88. The van der Waals surface area contributed by atoms with Gasteiger partial charge in [-0.05, 0) is 58.3 Å². The van der Waals surface area contributed by atoms with Crippen LogP contribution < -0.4 is 5.32 Å². The summed E-state index contributed by atoms with van der Waals surface area (Å²) in [5.74, 6) is -0.300. The summed E-state index contributed by atoms with van der Waals surface area (Å²) < 4.78 is 14.4. The Morgan fingerprint density at radius 1 is 1.21 bits per heavy atom. The predicted molar refractivity (Wildman–Crippen MR) is 145 cm³/mol. The lowest BCUT2D eigenvalue weighted by Gasteiger charge is -2.39. The molecule has 2 aromatic heterocycles. The molecule has 0 amide bonds. The lowest BCUT2D eigenvalue weighted by molar-refractivity contribution is -0.152. The minimum absolute atomic E-state index is 0.0207. The fourth-order valence-electron chi connectivity index (χ4n) is 5.18. The molecule has 0 unspecified atom stereocenters. The van der Waals surface area contributed by atoms with E-state index in [1.165, 1.54) is 6.07 Å². The van der Waals surface area contributed by atoms with Crippen LogP contribution in [-0.4, -0.2) is 50.0 Å². The normalized spacial score (nSPS) is 15.4. The standard InChI is InChI=1S/C28H33ClFN5O3/c1-5-22(36)24-17(3)21(31-26(18(24)4)32-23-13-16(2)33-34-23)14-28(27(37)38)9-11-35(12-10-28)15-19-7-6-8-20(29)25(19)30/h6-8,13H,5,9-12,14-15H2,1-4H3,(H,37,38)(H2,31,32,33,34). The minimum Gasteiger partial charge on any atom is -0.481 e. The number of aryl methyl sites for hydroxylation is 1. The van der Waals surface area contributed by atoms with Crippen LogP contribution in [-0.2, 0) is 17.8 Å². The Kier molecular flexibility index (Phi) is 8.18. The number of aliphatic carboxylic acids is 1. The van der Waals surface area contributed by atoms with Crippen molar-refractivity contribution < 1.29 is 19.1 Å². The van der Waals surface area contributed by atoms with Gasteiger partial charge in [0.2, 0.25) is 0 Å². The number of benzene rings is 1. The molecular weight excluding hydrogens is 509 g/mol. The molecule has 1 aliphatic heterocycles. The Hall–Kier alpha value is -3.30. The highest BCUT2D eigenvalue weighted by Gasteiger charge is 2.43. The van der Waals surface area contributed by atoms with Gasteiger partial charge in [-0.15, -0.1) is 0 Å². The number of nitrogens with zero attached hydrogens (tertiary/aromatic N) is 3. The summed E-state index contributed by atoms with van der Waals surface area (Å²) >= 11 is 5.93. The minimum atomic E-state index is -1.05. The number of carbonyl (C=O) groups is 2. The maximum Gasteiger partial charge on any atom is 0.310 e. The summed E-state index contributed by atoms with van der Waals surface area (Å²) in [4.78, 5) is 32.5. The molecule has 0 aliphatic carbocycles. The molecule has 0 radical (unpaired) electrons. The van der Waals surface area contributed by atoms with Crippen molar-refractivity contribution in [1.29, 1.82) is 0 Å².